The molecular formula is C25H35FN4O2. The third kappa shape index (κ3) is 5.88. The lowest BCUT2D eigenvalue weighted by atomic mass is 9.70. The van der Waals surface area contributed by atoms with Gasteiger partial charge in [-0.25, -0.2) is 4.98 Å². The van der Waals surface area contributed by atoms with Crippen LogP contribution in [0.3, 0.4) is 0 Å². The van der Waals surface area contributed by atoms with Crippen LogP contribution >= 0.6 is 0 Å². The number of anilines is 3. The van der Waals surface area contributed by atoms with Gasteiger partial charge in [-0.1, -0.05) is 20.8 Å². The van der Waals surface area contributed by atoms with Gasteiger partial charge in [0, 0.05) is 24.5 Å². The van der Waals surface area contributed by atoms with Gasteiger partial charge in [0.2, 0.25) is 11.8 Å². The van der Waals surface area contributed by atoms with Gasteiger partial charge in [0.15, 0.2) is 0 Å². The van der Waals surface area contributed by atoms with E-state index in [0.717, 1.165) is 56.4 Å². The molecule has 1 saturated carbocycles. The molecule has 0 unspecified atom stereocenters. The van der Waals surface area contributed by atoms with E-state index in [4.69, 9.17) is 9.47 Å². The van der Waals surface area contributed by atoms with Crippen LogP contribution < -0.4 is 15.0 Å². The first-order chi connectivity index (χ1) is 15.4. The summed E-state index contributed by atoms with van der Waals surface area (Å²) in [5.41, 5.74) is 2.36. The van der Waals surface area contributed by atoms with Crippen molar-refractivity contribution < 1.29 is 13.9 Å². The van der Waals surface area contributed by atoms with E-state index in [2.05, 4.69) is 53.1 Å². The van der Waals surface area contributed by atoms with E-state index >= 15 is 0 Å². The van der Waals surface area contributed by atoms with Gasteiger partial charge in [0.1, 0.15) is 0 Å². The maximum atomic E-state index is 14.2. The molecule has 0 amide bonds. The van der Waals surface area contributed by atoms with Crippen LogP contribution in [0.25, 0.3) is 0 Å². The summed E-state index contributed by atoms with van der Waals surface area (Å²) in [6.45, 7) is 10.7. The highest BCUT2D eigenvalue weighted by molar-refractivity contribution is 5.59. The Morgan fingerprint density at radius 3 is 2.44 bits per heavy atom. The molecule has 1 saturated heterocycles. The zero-order chi connectivity index (χ0) is 22.6. The fourth-order valence-electron chi connectivity index (χ4n) is 4.61. The largest absolute Gasteiger partial charge is 0.475 e. The second-order valence-corrected chi connectivity index (χ2v) is 10.0. The number of nitrogens with zero attached hydrogens (tertiary/aromatic N) is 3. The number of nitrogens with one attached hydrogen (secondary N) is 1. The number of morpholine rings is 1. The van der Waals surface area contributed by atoms with E-state index in [0.29, 0.717) is 23.9 Å². The fourth-order valence-corrected chi connectivity index (χ4v) is 4.61. The monoisotopic (exact) mass is 442 g/mol. The lowest BCUT2D eigenvalue weighted by molar-refractivity contribution is 0.118. The molecule has 0 bridgehead atoms. The van der Waals surface area contributed by atoms with Crippen LogP contribution in [0.15, 0.2) is 30.5 Å². The molecule has 6 nitrogen and oxygen atoms in total. The second-order valence-electron chi connectivity index (χ2n) is 10.0. The van der Waals surface area contributed by atoms with E-state index in [1.165, 1.54) is 19.0 Å². The van der Waals surface area contributed by atoms with Crippen molar-refractivity contribution in [2.75, 3.05) is 43.1 Å². The van der Waals surface area contributed by atoms with Crippen molar-refractivity contribution in [3.63, 3.8) is 0 Å². The Morgan fingerprint density at radius 2 is 1.78 bits per heavy atom. The third-order valence-corrected chi connectivity index (χ3v) is 6.74. The first-order valence-electron chi connectivity index (χ1n) is 11.7. The number of benzene rings is 1. The molecule has 0 atom stereocenters. The van der Waals surface area contributed by atoms with Gasteiger partial charge < -0.3 is 19.7 Å². The fraction of sp³-hybridized carbons (Fsp3) is 0.600. The minimum absolute atomic E-state index is 0.0189. The summed E-state index contributed by atoms with van der Waals surface area (Å²) in [7, 11) is 0. The number of ether oxygens (including phenoxy) is 2. The average molecular weight is 443 g/mol. The Bertz CT molecular complexity index is 871. The van der Waals surface area contributed by atoms with Crippen molar-refractivity contribution in [3.05, 3.63) is 36.3 Å². The minimum atomic E-state index is -0.526. The molecule has 2 heterocycles. The van der Waals surface area contributed by atoms with Gasteiger partial charge >= 0.3 is 0 Å². The number of rotatable bonds is 6. The van der Waals surface area contributed by atoms with E-state index in [-0.39, 0.29) is 5.88 Å². The quantitative estimate of drug-likeness (QED) is 0.644. The Hall–Kier alpha value is -2.41. The van der Waals surface area contributed by atoms with Crippen molar-refractivity contribution in [3.8, 4) is 5.88 Å². The smallest absolute Gasteiger partial charge is 0.255 e. The number of aromatic nitrogens is 2. The predicted molar refractivity (Wildman–Crippen MR) is 125 cm³/mol. The van der Waals surface area contributed by atoms with E-state index in [1.54, 1.807) is 0 Å². The first kappa shape index (κ1) is 22.8. The summed E-state index contributed by atoms with van der Waals surface area (Å²) in [6, 6.07) is 8.07. The van der Waals surface area contributed by atoms with Crippen molar-refractivity contribution in [1.29, 1.82) is 0 Å². The maximum absolute atomic E-state index is 14.2. The summed E-state index contributed by atoms with van der Waals surface area (Å²) in [5.74, 6) is 1.02. The number of halogens is 1. The van der Waals surface area contributed by atoms with Crippen molar-refractivity contribution >= 4 is 17.3 Å². The molecule has 1 aliphatic carbocycles. The van der Waals surface area contributed by atoms with Crippen LogP contribution in [0.5, 0.6) is 5.88 Å². The SMILES string of the molecule is CC(C)(C)[C@H]1CC[C@H](COc2nc(Nc3ccc(N4CCOCC4)cc3)ncc2F)CC1. The molecule has 1 aliphatic heterocycles. The van der Waals surface area contributed by atoms with Gasteiger partial charge in [-0.05, 0) is 67.2 Å². The molecule has 174 valence electrons. The Kier molecular flexibility index (Phi) is 7.13. The highest BCUT2D eigenvalue weighted by Gasteiger charge is 2.30. The Labute approximate surface area is 190 Å². The molecule has 0 radical (unpaired) electrons. The standard InChI is InChI=1S/C25H35FN4O2/c1-25(2,3)19-6-4-18(5-7-19)17-32-23-22(26)16-27-24(29-23)28-20-8-10-21(11-9-20)30-12-14-31-15-13-30/h8-11,16,18-19H,4-7,12-15,17H2,1-3H3,(H,27,28,29)/t18-,19-. The summed E-state index contributed by atoms with van der Waals surface area (Å²) in [5, 5.41) is 3.15. The van der Waals surface area contributed by atoms with Gasteiger partial charge in [0.05, 0.1) is 26.0 Å². The maximum Gasteiger partial charge on any atom is 0.255 e. The molecule has 4 rings (SSSR count). The van der Waals surface area contributed by atoms with Gasteiger partial charge in [-0.3, -0.25) is 0 Å². The second kappa shape index (κ2) is 10.0. The molecule has 0 spiro atoms. The molecule has 1 aromatic carbocycles. The summed E-state index contributed by atoms with van der Waals surface area (Å²) in [4.78, 5) is 10.6. The minimum Gasteiger partial charge on any atom is -0.475 e. The topological polar surface area (TPSA) is 59.5 Å². The first-order valence-corrected chi connectivity index (χ1v) is 11.7. The molecule has 2 aromatic rings. The highest BCUT2D eigenvalue weighted by atomic mass is 19.1. The molecule has 1 N–H and O–H groups in total. The van der Waals surface area contributed by atoms with Gasteiger partial charge in [-0.15, -0.1) is 0 Å². The predicted octanol–water partition coefficient (Wildman–Crippen LogP) is 5.43. The van der Waals surface area contributed by atoms with E-state index in [9.17, 15) is 4.39 Å². The number of hydrogen-bond acceptors (Lipinski definition) is 6. The molecule has 2 aliphatic rings. The zero-order valence-electron chi connectivity index (χ0n) is 19.4. The third-order valence-electron chi connectivity index (χ3n) is 6.74. The molecule has 1 aromatic heterocycles. The van der Waals surface area contributed by atoms with Crippen molar-refractivity contribution in [1.82, 2.24) is 9.97 Å². The van der Waals surface area contributed by atoms with Gasteiger partial charge in [-0.2, -0.15) is 9.37 Å². The lowest BCUT2D eigenvalue weighted by Crippen LogP contribution is -2.36. The Balaban J connectivity index is 1.32. The van der Waals surface area contributed by atoms with Crippen LogP contribution in [0, 0.1) is 23.1 Å². The highest BCUT2D eigenvalue weighted by Crippen LogP contribution is 2.39. The van der Waals surface area contributed by atoms with Crippen LogP contribution in [0.1, 0.15) is 46.5 Å². The van der Waals surface area contributed by atoms with Crippen molar-refractivity contribution in [2.24, 2.45) is 17.3 Å². The van der Waals surface area contributed by atoms with Crippen LogP contribution in [0.4, 0.5) is 21.7 Å². The lowest BCUT2D eigenvalue weighted by Gasteiger charge is -2.36. The summed E-state index contributed by atoms with van der Waals surface area (Å²) in [6.07, 6.45) is 5.82. The van der Waals surface area contributed by atoms with Crippen LogP contribution in [-0.2, 0) is 4.74 Å². The van der Waals surface area contributed by atoms with Crippen molar-refractivity contribution in [2.45, 2.75) is 46.5 Å². The van der Waals surface area contributed by atoms with Crippen LogP contribution in [-0.4, -0.2) is 42.9 Å². The normalized spacial score (nSPS) is 21.9. The molecule has 32 heavy (non-hydrogen) atoms. The van der Waals surface area contributed by atoms with E-state index in [1.807, 2.05) is 12.1 Å². The summed E-state index contributed by atoms with van der Waals surface area (Å²) >= 11 is 0. The Morgan fingerprint density at radius 1 is 1.09 bits per heavy atom. The molecular weight excluding hydrogens is 407 g/mol. The average Bonchev–Trinajstić information content (AvgIpc) is 2.80. The molecule has 7 heteroatoms. The van der Waals surface area contributed by atoms with Gasteiger partial charge in [0.25, 0.3) is 5.88 Å². The number of hydrogen-bond donors (Lipinski definition) is 1. The molecule has 2 fully saturated rings. The zero-order valence-corrected chi connectivity index (χ0v) is 19.4. The van der Waals surface area contributed by atoms with Crippen LogP contribution in [0.2, 0.25) is 0 Å². The summed E-state index contributed by atoms with van der Waals surface area (Å²) < 4.78 is 25.4. The van der Waals surface area contributed by atoms with E-state index < -0.39 is 5.82 Å².